The summed E-state index contributed by atoms with van der Waals surface area (Å²) in [5.41, 5.74) is 2.31. The van der Waals surface area contributed by atoms with Crippen LogP contribution in [0.3, 0.4) is 0 Å². The van der Waals surface area contributed by atoms with Crippen LogP contribution in [0, 0.1) is 5.82 Å². The molecule has 0 aliphatic carbocycles. The fourth-order valence-electron chi connectivity index (χ4n) is 2.08. The molecule has 2 aromatic carbocycles. The molecule has 23 heavy (non-hydrogen) atoms. The summed E-state index contributed by atoms with van der Waals surface area (Å²) in [5.74, 6) is -0.626. The molecule has 122 valence electrons. The quantitative estimate of drug-likeness (QED) is 0.752. The van der Waals surface area contributed by atoms with Crippen LogP contribution in [0.25, 0.3) is 0 Å². The molecular formula is C18H19BrFNO2. The van der Waals surface area contributed by atoms with Crippen molar-refractivity contribution in [2.24, 2.45) is 0 Å². The number of benzene rings is 2. The molecule has 0 bridgehead atoms. The lowest BCUT2D eigenvalue weighted by atomic mass is 10.1. The summed E-state index contributed by atoms with van der Waals surface area (Å²) in [7, 11) is 1.71. The van der Waals surface area contributed by atoms with Crippen molar-refractivity contribution in [1.29, 1.82) is 0 Å². The Hall–Kier alpha value is -1.88. The molecule has 0 radical (unpaired) electrons. The van der Waals surface area contributed by atoms with Gasteiger partial charge in [-0.3, -0.25) is 4.79 Å². The predicted octanol–water partition coefficient (Wildman–Crippen LogP) is 4.19. The van der Waals surface area contributed by atoms with Gasteiger partial charge in [0.25, 0.3) is 5.91 Å². The highest BCUT2D eigenvalue weighted by molar-refractivity contribution is 9.10. The van der Waals surface area contributed by atoms with Crippen molar-refractivity contribution in [2.75, 3.05) is 13.7 Å². The summed E-state index contributed by atoms with van der Waals surface area (Å²) in [4.78, 5) is 13.7. The first-order valence-corrected chi connectivity index (χ1v) is 8.18. The van der Waals surface area contributed by atoms with Gasteiger partial charge < -0.3 is 9.64 Å². The molecule has 0 fully saturated rings. The fourth-order valence-corrected chi connectivity index (χ4v) is 2.42. The summed E-state index contributed by atoms with van der Waals surface area (Å²) in [6.45, 7) is 2.40. The van der Waals surface area contributed by atoms with E-state index in [-0.39, 0.29) is 18.3 Å². The summed E-state index contributed by atoms with van der Waals surface area (Å²) >= 11 is 3.18. The average molecular weight is 380 g/mol. The first-order chi connectivity index (χ1) is 11.0. The van der Waals surface area contributed by atoms with E-state index >= 15 is 0 Å². The fraction of sp³-hybridized carbons (Fsp3) is 0.278. The summed E-state index contributed by atoms with van der Waals surface area (Å²) in [5, 5.41) is 0. The minimum absolute atomic E-state index is 0.0715. The molecular weight excluding hydrogens is 361 g/mol. The van der Waals surface area contributed by atoms with Crippen LogP contribution in [-0.2, 0) is 17.8 Å². The van der Waals surface area contributed by atoms with Gasteiger partial charge in [0.15, 0.2) is 18.2 Å². The molecule has 0 N–H and O–H groups in total. The van der Waals surface area contributed by atoms with Gasteiger partial charge in [-0.15, -0.1) is 0 Å². The molecule has 0 heterocycles. The normalized spacial score (nSPS) is 10.4. The average Bonchev–Trinajstić information content (AvgIpc) is 2.54. The second-order valence-corrected chi connectivity index (χ2v) is 6.20. The second-order valence-electron chi connectivity index (χ2n) is 5.28. The van der Waals surface area contributed by atoms with Crippen LogP contribution in [0.2, 0.25) is 0 Å². The van der Waals surface area contributed by atoms with Crippen molar-refractivity contribution in [3.8, 4) is 5.75 Å². The molecule has 0 atom stereocenters. The predicted molar refractivity (Wildman–Crippen MR) is 91.9 cm³/mol. The number of amides is 1. The van der Waals surface area contributed by atoms with Gasteiger partial charge in [0.2, 0.25) is 0 Å². The molecule has 0 aliphatic rings. The van der Waals surface area contributed by atoms with Crippen LogP contribution in [0.1, 0.15) is 18.1 Å². The Labute approximate surface area is 144 Å². The topological polar surface area (TPSA) is 29.5 Å². The summed E-state index contributed by atoms with van der Waals surface area (Å²) in [6, 6.07) is 12.6. The van der Waals surface area contributed by atoms with Crippen molar-refractivity contribution in [1.82, 2.24) is 4.90 Å². The number of ether oxygens (including phenoxy) is 1. The minimum Gasteiger partial charge on any atom is -0.481 e. The van der Waals surface area contributed by atoms with E-state index in [0.29, 0.717) is 11.0 Å². The van der Waals surface area contributed by atoms with Gasteiger partial charge in [0, 0.05) is 18.1 Å². The number of carbonyl (C=O) groups excluding carboxylic acids is 1. The highest BCUT2D eigenvalue weighted by atomic mass is 79.9. The van der Waals surface area contributed by atoms with Crippen LogP contribution in [-0.4, -0.2) is 24.5 Å². The van der Waals surface area contributed by atoms with E-state index in [0.717, 1.165) is 12.0 Å². The molecule has 0 saturated carbocycles. The van der Waals surface area contributed by atoms with E-state index in [2.05, 4.69) is 35.0 Å². The molecule has 0 unspecified atom stereocenters. The van der Waals surface area contributed by atoms with E-state index in [1.807, 2.05) is 12.1 Å². The molecule has 0 spiro atoms. The Bertz CT molecular complexity index is 673. The molecule has 1 amide bonds. The Morgan fingerprint density at radius 1 is 1.17 bits per heavy atom. The largest absolute Gasteiger partial charge is 0.481 e. The van der Waals surface area contributed by atoms with Gasteiger partial charge in [-0.25, -0.2) is 4.39 Å². The summed E-state index contributed by atoms with van der Waals surface area (Å²) < 4.78 is 19.5. The van der Waals surface area contributed by atoms with Crippen LogP contribution >= 0.6 is 15.9 Å². The van der Waals surface area contributed by atoms with E-state index in [1.54, 1.807) is 18.0 Å². The Balaban J connectivity index is 1.89. The number of aryl methyl sites for hydroxylation is 1. The third-order valence-corrected chi connectivity index (χ3v) is 4.02. The first-order valence-electron chi connectivity index (χ1n) is 7.39. The molecule has 0 aromatic heterocycles. The third kappa shape index (κ3) is 5.06. The van der Waals surface area contributed by atoms with Crippen molar-refractivity contribution < 1.29 is 13.9 Å². The van der Waals surface area contributed by atoms with Crippen LogP contribution < -0.4 is 4.74 Å². The number of likely N-dealkylation sites (N-methyl/N-ethyl adjacent to an activating group) is 1. The van der Waals surface area contributed by atoms with Gasteiger partial charge in [-0.1, -0.05) is 47.1 Å². The van der Waals surface area contributed by atoms with Crippen LogP contribution in [0.4, 0.5) is 4.39 Å². The second kappa shape index (κ2) is 8.11. The maximum Gasteiger partial charge on any atom is 0.260 e. The lowest BCUT2D eigenvalue weighted by Crippen LogP contribution is -2.31. The molecule has 0 saturated heterocycles. The Morgan fingerprint density at radius 2 is 1.83 bits per heavy atom. The molecule has 0 aliphatic heterocycles. The number of nitrogens with zero attached hydrogens (tertiary/aromatic N) is 1. The number of halogens is 2. The molecule has 2 rings (SSSR count). The minimum atomic E-state index is -0.495. The van der Waals surface area contributed by atoms with Crippen molar-refractivity contribution >= 4 is 21.8 Å². The Morgan fingerprint density at radius 3 is 2.43 bits per heavy atom. The number of carbonyl (C=O) groups is 1. The zero-order valence-corrected chi connectivity index (χ0v) is 14.8. The third-order valence-electron chi connectivity index (χ3n) is 3.52. The zero-order chi connectivity index (χ0) is 16.8. The van der Waals surface area contributed by atoms with Crippen molar-refractivity contribution in [2.45, 2.75) is 19.9 Å². The van der Waals surface area contributed by atoms with Crippen LogP contribution in [0.5, 0.6) is 5.75 Å². The standard InChI is InChI=1S/C18H19BrFNO2/c1-3-13-4-6-14(7-5-13)11-21(2)18(22)12-23-17-9-8-15(19)10-16(17)20/h4-10H,3,11-12H2,1-2H3. The van der Waals surface area contributed by atoms with Gasteiger partial charge >= 0.3 is 0 Å². The highest BCUT2D eigenvalue weighted by Gasteiger charge is 2.12. The van der Waals surface area contributed by atoms with Gasteiger partial charge in [0.1, 0.15) is 0 Å². The van der Waals surface area contributed by atoms with E-state index in [9.17, 15) is 9.18 Å². The molecule has 2 aromatic rings. The van der Waals surface area contributed by atoms with E-state index < -0.39 is 5.82 Å². The zero-order valence-electron chi connectivity index (χ0n) is 13.2. The van der Waals surface area contributed by atoms with Gasteiger partial charge in [0.05, 0.1) is 0 Å². The summed E-state index contributed by atoms with van der Waals surface area (Å²) in [6.07, 6.45) is 0.988. The smallest absolute Gasteiger partial charge is 0.260 e. The highest BCUT2D eigenvalue weighted by Crippen LogP contribution is 2.21. The van der Waals surface area contributed by atoms with Gasteiger partial charge in [-0.2, -0.15) is 0 Å². The van der Waals surface area contributed by atoms with E-state index in [4.69, 9.17) is 4.74 Å². The molecule has 3 nitrogen and oxygen atoms in total. The maximum atomic E-state index is 13.6. The number of hydrogen-bond donors (Lipinski definition) is 0. The lowest BCUT2D eigenvalue weighted by Gasteiger charge is -2.18. The number of rotatable bonds is 6. The lowest BCUT2D eigenvalue weighted by molar-refractivity contribution is -0.132. The SMILES string of the molecule is CCc1ccc(CN(C)C(=O)COc2ccc(Br)cc2F)cc1. The van der Waals surface area contributed by atoms with Crippen molar-refractivity contribution in [3.05, 3.63) is 63.9 Å². The van der Waals surface area contributed by atoms with E-state index in [1.165, 1.54) is 17.7 Å². The maximum absolute atomic E-state index is 13.6. The number of hydrogen-bond acceptors (Lipinski definition) is 2. The van der Waals surface area contributed by atoms with Crippen molar-refractivity contribution in [3.63, 3.8) is 0 Å². The van der Waals surface area contributed by atoms with Gasteiger partial charge in [-0.05, 0) is 35.7 Å². The monoisotopic (exact) mass is 379 g/mol. The van der Waals surface area contributed by atoms with Crippen LogP contribution in [0.15, 0.2) is 46.9 Å². The molecule has 5 heteroatoms. The first kappa shape index (κ1) is 17.5. The Kier molecular flexibility index (Phi) is 6.16.